The van der Waals surface area contributed by atoms with E-state index in [1.165, 1.54) is 0 Å². The van der Waals surface area contributed by atoms with Gasteiger partial charge in [0, 0.05) is 24.0 Å². The molecule has 4 rings (SSSR count). The van der Waals surface area contributed by atoms with Crippen molar-refractivity contribution in [3.05, 3.63) is 71.0 Å². The van der Waals surface area contributed by atoms with Gasteiger partial charge < -0.3 is 10.1 Å². The first-order valence-corrected chi connectivity index (χ1v) is 8.85. The number of carbonyl (C=O) groups excluding carboxylic acids is 1. The fourth-order valence-electron chi connectivity index (χ4n) is 3.72. The Labute approximate surface area is 158 Å². The fourth-order valence-corrected chi connectivity index (χ4v) is 3.72. The molecule has 2 aromatic carbocycles. The van der Waals surface area contributed by atoms with Crippen LogP contribution >= 0.6 is 0 Å². The maximum atomic E-state index is 13.5. The summed E-state index contributed by atoms with van der Waals surface area (Å²) in [6.45, 7) is 3.98. The second kappa shape index (κ2) is 6.46. The number of para-hydroxylation sites is 3. The molecule has 1 atom stereocenters. The second-order valence-electron chi connectivity index (χ2n) is 6.65. The molecule has 0 bridgehead atoms. The zero-order valence-electron chi connectivity index (χ0n) is 15.9. The molecule has 1 N–H and O–H groups in total. The maximum Gasteiger partial charge on any atom is 0.262 e. The van der Waals surface area contributed by atoms with Crippen molar-refractivity contribution < 1.29 is 9.53 Å². The van der Waals surface area contributed by atoms with Gasteiger partial charge in [-0.25, -0.2) is 0 Å². The molecular weight excluding hydrogens is 340 g/mol. The van der Waals surface area contributed by atoms with Gasteiger partial charge in [0.25, 0.3) is 5.91 Å². The van der Waals surface area contributed by atoms with E-state index in [9.17, 15) is 4.79 Å². The zero-order valence-corrected chi connectivity index (χ0v) is 15.9. The molecule has 0 unspecified atom stereocenters. The van der Waals surface area contributed by atoms with Crippen LogP contribution < -0.4 is 15.0 Å². The minimum atomic E-state index is -0.377. The van der Waals surface area contributed by atoms with Crippen molar-refractivity contribution >= 4 is 17.3 Å². The standard InChI is InChI=1S/C21H22N4O2/c1-13-19(14(2)24(3)23-13)20-22-16-10-6-5-9-15(16)21(26)25(20)17-11-7-8-12-18(17)27-4/h5-12,20,22H,1-4H3/t20-/m1/s1. The summed E-state index contributed by atoms with van der Waals surface area (Å²) in [7, 11) is 3.53. The highest BCUT2D eigenvalue weighted by Crippen LogP contribution is 2.41. The topological polar surface area (TPSA) is 59.4 Å². The minimum absolute atomic E-state index is 0.0681. The normalized spacial score (nSPS) is 16.1. The van der Waals surface area contributed by atoms with Crippen molar-refractivity contribution in [2.24, 2.45) is 7.05 Å². The molecule has 0 aliphatic carbocycles. The van der Waals surface area contributed by atoms with E-state index in [0.717, 1.165) is 28.3 Å². The lowest BCUT2D eigenvalue weighted by Gasteiger charge is -2.38. The predicted octanol–water partition coefficient (Wildman–Crippen LogP) is 3.82. The van der Waals surface area contributed by atoms with Crippen LogP contribution in [0.15, 0.2) is 48.5 Å². The minimum Gasteiger partial charge on any atom is -0.495 e. The summed E-state index contributed by atoms with van der Waals surface area (Å²) in [6.07, 6.45) is -0.377. The summed E-state index contributed by atoms with van der Waals surface area (Å²) < 4.78 is 7.39. The van der Waals surface area contributed by atoms with E-state index in [4.69, 9.17) is 4.74 Å². The van der Waals surface area contributed by atoms with Crippen molar-refractivity contribution in [3.8, 4) is 5.75 Å². The Morgan fingerprint density at radius 1 is 1.07 bits per heavy atom. The third-order valence-corrected chi connectivity index (χ3v) is 5.11. The van der Waals surface area contributed by atoms with Crippen LogP contribution in [0.1, 0.15) is 33.5 Å². The number of benzene rings is 2. The fraction of sp³-hybridized carbons (Fsp3) is 0.238. The molecule has 1 aromatic heterocycles. The van der Waals surface area contributed by atoms with Crippen LogP contribution in [0, 0.1) is 13.8 Å². The van der Waals surface area contributed by atoms with Gasteiger partial charge in [-0.15, -0.1) is 0 Å². The molecule has 0 saturated heterocycles. The van der Waals surface area contributed by atoms with Gasteiger partial charge in [0.05, 0.1) is 24.1 Å². The first-order chi connectivity index (χ1) is 13.0. The zero-order chi connectivity index (χ0) is 19.1. The third-order valence-electron chi connectivity index (χ3n) is 5.11. The number of anilines is 2. The molecule has 0 saturated carbocycles. The van der Waals surface area contributed by atoms with Crippen LogP contribution in [-0.2, 0) is 7.05 Å². The van der Waals surface area contributed by atoms with Gasteiger partial charge >= 0.3 is 0 Å². The Morgan fingerprint density at radius 2 is 1.78 bits per heavy atom. The molecule has 138 valence electrons. The average molecular weight is 362 g/mol. The molecule has 0 radical (unpaired) electrons. The second-order valence-corrected chi connectivity index (χ2v) is 6.65. The smallest absolute Gasteiger partial charge is 0.262 e. The van der Waals surface area contributed by atoms with Crippen LogP contribution in [0.4, 0.5) is 11.4 Å². The Morgan fingerprint density at radius 3 is 2.48 bits per heavy atom. The molecule has 0 fully saturated rings. The van der Waals surface area contributed by atoms with E-state index in [0.29, 0.717) is 11.3 Å². The summed E-state index contributed by atoms with van der Waals surface area (Å²) >= 11 is 0. The van der Waals surface area contributed by atoms with E-state index in [2.05, 4.69) is 10.4 Å². The number of aromatic nitrogens is 2. The summed E-state index contributed by atoms with van der Waals surface area (Å²) in [5.74, 6) is 0.581. The lowest BCUT2D eigenvalue weighted by atomic mass is 10.0. The van der Waals surface area contributed by atoms with Gasteiger partial charge in [0.1, 0.15) is 11.9 Å². The number of carbonyl (C=O) groups is 1. The summed E-state index contributed by atoms with van der Waals surface area (Å²) in [5.41, 5.74) is 5.07. The van der Waals surface area contributed by atoms with Crippen LogP contribution in [0.5, 0.6) is 5.75 Å². The Kier molecular flexibility index (Phi) is 4.11. The summed E-state index contributed by atoms with van der Waals surface area (Å²) in [5, 5.41) is 8.08. The van der Waals surface area contributed by atoms with Gasteiger partial charge in [-0.2, -0.15) is 5.10 Å². The number of rotatable bonds is 3. The van der Waals surface area contributed by atoms with Crippen LogP contribution in [0.2, 0.25) is 0 Å². The number of hydrogen-bond acceptors (Lipinski definition) is 4. The lowest BCUT2D eigenvalue weighted by molar-refractivity contribution is 0.0974. The number of nitrogens with zero attached hydrogens (tertiary/aromatic N) is 3. The SMILES string of the molecule is COc1ccccc1N1C(=O)c2ccccc2N[C@H]1c1c(C)nn(C)c1C. The average Bonchev–Trinajstić information content (AvgIpc) is 2.93. The van der Waals surface area contributed by atoms with E-state index >= 15 is 0 Å². The Balaban J connectivity index is 1.95. The van der Waals surface area contributed by atoms with Crippen LogP contribution in [0.3, 0.4) is 0 Å². The van der Waals surface area contributed by atoms with Gasteiger partial charge in [-0.05, 0) is 38.1 Å². The van der Waals surface area contributed by atoms with Crippen molar-refractivity contribution in [2.75, 3.05) is 17.3 Å². The van der Waals surface area contributed by atoms with E-state index in [-0.39, 0.29) is 12.1 Å². The van der Waals surface area contributed by atoms with Crippen molar-refractivity contribution in [2.45, 2.75) is 20.0 Å². The summed E-state index contributed by atoms with van der Waals surface area (Å²) in [6, 6.07) is 15.1. The number of aryl methyl sites for hydroxylation is 2. The van der Waals surface area contributed by atoms with Crippen molar-refractivity contribution in [1.29, 1.82) is 0 Å². The first kappa shape index (κ1) is 17.1. The monoisotopic (exact) mass is 362 g/mol. The highest BCUT2D eigenvalue weighted by atomic mass is 16.5. The first-order valence-electron chi connectivity index (χ1n) is 8.85. The molecular formula is C21H22N4O2. The van der Waals surface area contributed by atoms with Crippen molar-refractivity contribution in [1.82, 2.24) is 9.78 Å². The predicted molar refractivity (Wildman–Crippen MR) is 105 cm³/mol. The van der Waals surface area contributed by atoms with Crippen LogP contribution in [-0.4, -0.2) is 22.8 Å². The maximum absolute atomic E-state index is 13.5. The van der Waals surface area contributed by atoms with Gasteiger partial charge in [0.15, 0.2) is 0 Å². The van der Waals surface area contributed by atoms with Crippen LogP contribution in [0.25, 0.3) is 0 Å². The van der Waals surface area contributed by atoms with Gasteiger partial charge in [0.2, 0.25) is 0 Å². The summed E-state index contributed by atoms with van der Waals surface area (Å²) in [4.78, 5) is 15.3. The van der Waals surface area contributed by atoms with E-state index < -0.39 is 0 Å². The quantitative estimate of drug-likeness (QED) is 0.770. The van der Waals surface area contributed by atoms with Crippen molar-refractivity contribution in [3.63, 3.8) is 0 Å². The number of ether oxygens (including phenoxy) is 1. The number of hydrogen-bond donors (Lipinski definition) is 1. The highest BCUT2D eigenvalue weighted by molar-refractivity contribution is 6.12. The number of methoxy groups -OCH3 is 1. The van der Waals surface area contributed by atoms with Gasteiger partial charge in [-0.1, -0.05) is 24.3 Å². The Bertz CT molecular complexity index is 1020. The molecule has 2 heterocycles. The number of fused-ring (bicyclic) bond motifs is 1. The molecule has 1 aliphatic heterocycles. The number of nitrogens with one attached hydrogen (secondary N) is 1. The molecule has 0 spiro atoms. The lowest BCUT2D eigenvalue weighted by Crippen LogP contribution is -2.43. The van der Waals surface area contributed by atoms with Gasteiger partial charge in [-0.3, -0.25) is 14.4 Å². The Hall–Kier alpha value is -3.28. The molecule has 6 heteroatoms. The third kappa shape index (κ3) is 2.65. The largest absolute Gasteiger partial charge is 0.495 e. The molecule has 1 aliphatic rings. The molecule has 1 amide bonds. The number of amides is 1. The molecule has 6 nitrogen and oxygen atoms in total. The molecule has 3 aromatic rings. The molecule has 27 heavy (non-hydrogen) atoms. The highest BCUT2D eigenvalue weighted by Gasteiger charge is 2.37. The van der Waals surface area contributed by atoms with E-state index in [1.54, 1.807) is 12.0 Å². The van der Waals surface area contributed by atoms with E-state index in [1.807, 2.05) is 74.1 Å².